The Morgan fingerprint density at radius 3 is 1.38 bits per heavy atom. The van der Waals surface area contributed by atoms with Crippen LogP contribution in [0.2, 0.25) is 10.0 Å². The smallest absolute Gasteiger partial charge is 0.258 e. The van der Waals surface area contributed by atoms with E-state index in [0.29, 0.717) is 39.6 Å². The van der Waals surface area contributed by atoms with Crippen molar-refractivity contribution in [3.05, 3.63) is 129 Å². The Kier molecular flexibility index (Phi) is 18.6. The molecule has 4 amide bonds. The van der Waals surface area contributed by atoms with Crippen molar-refractivity contribution in [1.29, 1.82) is 0 Å². The van der Waals surface area contributed by atoms with Gasteiger partial charge in [0.25, 0.3) is 23.6 Å². The van der Waals surface area contributed by atoms with E-state index in [4.69, 9.17) is 67.5 Å². The topological polar surface area (TPSA) is 218 Å². The highest BCUT2D eigenvalue weighted by molar-refractivity contribution is 6.32. The van der Waals surface area contributed by atoms with E-state index >= 15 is 0 Å². The molecule has 5 rings (SSSR count). The fourth-order valence-electron chi connectivity index (χ4n) is 6.34. The van der Waals surface area contributed by atoms with Crippen molar-refractivity contribution in [1.82, 2.24) is 0 Å². The largest absolute Gasteiger partial charge is 0.497 e. The van der Waals surface area contributed by atoms with E-state index in [-0.39, 0.29) is 49.8 Å². The number of halogens is 5. The maximum atomic E-state index is 13.5. The van der Waals surface area contributed by atoms with Crippen molar-refractivity contribution < 1.29 is 38.2 Å². The lowest BCUT2D eigenvalue weighted by Crippen LogP contribution is -2.32. The summed E-state index contributed by atoms with van der Waals surface area (Å²) in [4.78, 5) is 78.8. The van der Waals surface area contributed by atoms with Crippen LogP contribution < -0.4 is 30.7 Å². The number of Topliss-reactive ketones (excluding diaryl/α,β-unsaturated/α-hetero) is 2. The van der Waals surface area contributed by atoms with Crippen molar-refractivity contribution in [2.75, 3.05) is 35.5 Å². The highest BCUT2D eigenvalue weighted by atomic mass is 35.5. The molecule has 0 fully saturated rings. The summed E-state index contributed by atoms with van der Waals surface area (Å²) in [6, 6.07) is 19.5. The summed E-state index contributed by atoms with van der Waals surface area (Å²) in [7, 11) is 3.02. The highest BCUT2D eigenvalue weighted by Crippen LogP contribution is 2.34. The van der Waals surface area contributed by atoms with Crippen molar-refractivity contribution in [3.63, 3.8) is 0 Å². The second-order valence-electron chi connectivity index (χ2n) is 14.9. The molecular formula is C47H43Cl5N8O8. The van der Waals surface area contributed by atoms with Crippen LogP contribution in [0, 0.1) is 0 Å². The number of anilines is 4. The van der Waals surface area contributed by atoms with E-state index in [0.717, 1.165) is 13.8 Å². The summed E-state index contributed by atoms with van der Waals surface area (Å²) in [5.41, 5.74) is 3.18. The number of methoxy groups -OCH3 is 2. The molecule has 0 bridgehead atoms. The number of ketones is 2. The van der Waals surface area contributed by atoms with Crippen LogP contribution in [-0.2, 0) is 25.1 Å². The summed E-state index contributed by atoms with van der Waals surface area (Å²) in [5.74, 6) is -3.15. The van der Waals surface area contributed by atoms with Crippen molar-refractivity contribution >= 4 is 127 Å². The van der Waals surface area contributed by atoms with Gasteiger partial charge >= 0.3 is 0 Å². The zero-order chi connectivity index (χ0) is 49.8. The maximum Gasteiger partial charge on any atom is 0.258 e. The average Bonchev–Trinajstić information content (AvgIpc) is 3.29. The number of alkyl halides is 3. The van der Waals surface area contributed by atoms with Gasteiger partial charge in [0, 0.05) is 49.8 Å². The van der Waals surface area contributed by atoms with Gasteiger partial charge in [-0.05, 0) is 135 Å². The second-order valence-corrected chi connectivity index (χ2v) is 17.3. The molecule has 4 N–H and O–H groups in total. The molecule has 0 aliphatic rings. The van der Waals surface area contributed by atoms with Crippen LogP contribution in [0.25, 0.3) is 0 Å². The molecule has 5 aromatic rings. The number of carbonyl (C=O) groups excluding carboxylic acids is 6. The van der Waals surface area contributed by atoms with Crippen molar-refractivity contribution in [3.8, 4) is 11.5 Å². The van der Waals surface area contributed by atoms with Crippen molar-refractivity contribution in [2.45, 2.75) is 56.4 Å². The first-order valence-corrected chi connectivity index (χ1v) is 22.5. The van der Waals surface area contributed by atoms with Crippen LogP contribution in [0.3, 0.4) is 0 Å². The zero-order valence-electron chi connectivity index (χ0n) is 37.1. The summed E-state index contributed by atoms with van der Waals surface area (Å²) < 4.78 is 10.5. The van der Waals surface area contributed by atoms with Gasteiger partial charge in [-0.3, -0.25) is 28.8 Å². The first-order valence-electron chi connectivity index (χ1n) is 20.3. The van der Waals surface area contributed by atoms with E-state index in [1.165, 1.54) is 68.8 Å². The monoisotopic (exact) mass is 1020 g/mol. The lowest BCUT2D eigenvalue weighted by molar-refractivity contribution is -0.127. The number of amides is 4. The Hall–Kier alpha value is -6.43. The Balaban J connectivity index is 1.27. The number of carbonyl (C=O) groups is 6. The molecule has 354 valence electrons. The van der Waals surface area contributed by atoms with Gasteiger partial charge in [0.05, 0.1) is 36.3 Å². The summed E-state index contributed by atoms with van der Waals surface area (Å²) in [6.45, 7) is 5.80. The summed E-state index contributed by atoms with van der Waals surface area (Å²) in [5, 5.41) is 26.2. The molecule has 16 nitrogen and oxygen atoms in total. The van der Waals surface area contributed by atoms with Crippen LogP contribution in [0.1, 0.15) is 75.9 Å². The summed E-state index contributed by atoms with van der Waals surface area (Å²) in [6.07, 6.45) is 0. The normalized spacial score (nSPS) is 13.0. The zero-order valence-corrected chi connectivity index (χ0v) is 40.9. The molecule has 0 spiro atoms. The van der Waals surface area contributed by atoms with Gasteiger partial charge in [-0.2, -0.15) is 20.5 Å². The second kappa shape index (κ2) is 24.0. The number of benzene rings is 5. The fraction of sp³-hybridized carbons (Fsp3) is 0.234. The number of hydrogen-bond donors (Lipinski definition) is 4. The Bertz CT molecular complexity index is 2820. The predicted octanol–water partition coefficient (Wildman–Crippen LogP) is 12.2. The molecule has 0 saturated heterocycles. The third-order valence-electron chi connectivity index (χ3n) is 9.78. The van der Waals surface area contributed by atoms with Crippen molar-refractivity contribution in [2.24, 2.45) is 20.5 Å². The molecule has 0 aliphatic heterocycles. The molecule has 0 aliphatic carbocycles. The van der Waals surface area contributed by atoms with E-state index < -0.39 is 58.0 Å². The Morgan fingerprint density at radius 2 is 0.985 bits per heavy atom. The first-order chi connectivity index (χ1) is 32.3. The highest BCUT2D eigenvalue weighted by Gasteiger charge is 2.26. The summed E-state index contributed by atoms with van der Waals surface area (Å²) >= 11 is 31.6. The lowest BCUT2D eigenvalue weighted by atomic mass is 10.1. The van der Waals surface area contributed by atoms with Crippen LogP contribution in [0.5, 0.6) is 11.5 Å². The lowest BCUT2D eigenvalue weighted by Gasteiger charge is -2.15. The van der Waals surface area contributed by atoms with Crippen LogP contribution in [0.4, 0.5) is 34.1 Å². The molecule has 0 aromatic heterocycles. The molecular weight excluding hydrogens is 982 g/mol. The molecule has 68 heavy (non-hydrogen) atoms. The quantitative estimate of drug-likeness (QED) is 0.0353. The maximum absolute atomic E-state index is 13.5. The minimum absolute atomic E-state index is 0.0778. The number of azo groups is 2. The SMILES string of the molecule is COc1ccc(NC(=O)c2cc(Cl)cc(N=NC(C(C)=O)C(=O)Nc3ccc(NC(=O)C(N=Nc4cc(Cl)cc(C(=O)Nc5ccc(OC)cc5C(C)Cl)c4)C(C)=O)c(CCl)c3)c2)c(C(C)Cl)c1. The standard InChI is InChI=1S/C47H43Cl5N8O8/c1-23(49)37-20-35(67-5)8-11-40(37)55-44(63)27-13-30(51)18-33(15-27)57-59-42(25(3)61)46(65)53-32-7-10-39(29(17-32)22-48)54-47(66)43(26(4)62)60-58-34-16-28(14-31(52)19-34)45(64)56-41-12-9-36(68-6)21-38(41)24(2)50/h7-21,23-24,42-43H,22H2,1-6H3,(H,53,65)(H,54,66)(H,55,63)(H,56,64). The van der Waals surface area contributed by atoms with E-state index in [9.17, 15) is 28.8 Å². The van der Waals surface area contributed by atoms with E-state index in [2.05, 4.69) is 41.7 Å². The van der Waals surface area contributed by atoms with Gasteiger partial charge in [0.2, 0.25) is 12.1 Å². The van der Waals surface area contributed by atoms with Gasteiger partial charge in [-0.15, -0.1) is 34.8 Å². The van der Waals surface area contributed by atoms with Gasteiger partial charge < -0.3 is 30.7 Å². The molecule has 21 heteroatoms. The average molecular weight is 1030 g/mol. The van der Waals surface area contributed by atoms with Crippen LogP contribution in [0.15, 0.2) is 111 Å². The Labute approximate surface area is 416 Å². The molecule has 4 unspecified atom stereocenters. The van der Waals surface area contributed by atoms with Crippen LogP contribution >= 0.6 is 58.0 Å². The minimum atomic E-state index is -1.63. The van der Waals surface area contributed by atoms with Gasteiger partial charge in [-0.25, -0.2) is 0 Å². The molecule has 0 saturated carbocycles. The molecule has 4 atom stereocenters. The van der Waals surface area contributed by atoms with E-state index in [1.807, 2.05) is 0 Å². The Morgan fingerprint density at radius 1 is 0.559 bits per heavy atom. The predicted molar refractivity (Wildman–Crippen MR) is 265 cm³/mol. The third kappa shape index (κ3) is 14.1. The first kappa shape index (κ1) is 52.5. The number of nitrogens with one attached hydrogen (secondary N) is 4. The molecule has 5 aromatic carbocycles. The third-order valence-corrected chi connectivity index (χ3v) is 11.0. The van der Waals surface area contributed by atoms with E-state index in [1.54, 1.807) is 50.2 Å². The number of ether oxygens (including phenoxy) is 2. The van der Waals surface area contributed by atoms with Gasteiger partial charge in [0.15, 0.2) is 11.6 Å². The molecule has 0 radical (unpaired) electrons. The van der Waals surface area contributed by atoms with Gasteiger partial charge in [0.1, 0.15) is 11.5 Å². The minimum Gasteiger partial charge on any atom is -0.497 e. The molecule has 0 heterocycles. The number of rotatable bonds is 19. The fourth-order valence-corrected chi connectivity index (χ4v) is 7.38. The van der Waals surface area contributed by atoms with Gasteiger partial charge in [-0.1, -0.05) is 23.2 Å². The number of hydrogen-bond acceptors (Lipinski definition) is 12. The number of nitrogens with zero attached hydrogens (tertiary/aromatic N) is 4. The van der Waals surface area contributed by atoms with Crippen LogP contribution in [-0.4, -0.2) is 61.5 Å².